The van der Waals surface area contributed by atoms with Crippen molar-refractivity contribution in [1.29, 1.82) is 0 Å². The normalized spacial score (nSPS) is 22.4. The first kappa shape index (κ1) is 19.3. The van der Waals surface area contributed by atoms with Crippen molar-refractivity contribution in [2.45, 2.75) is 31.3 Å². The van der Waals surface area contributed by atoms with Crippen LogP contribution < -0.4 is 4.72 Å². The second kappa shape index (κ2) is 7.08. The number of nitrogens with one attached hydrogen (secondary N) is 1. The number of aromatic nitrogens is 2. The van der Waals surface area contributed by atoms with Gasteiger partial charge in [0.2, 0.25) is 20.0 Å². The third-order valence-corrected chi connectivity index (χ3v) is 7.56. The molecule has 1 fully saturated rings. The van der Waals surface area contributed by atoms with Gasteiger partial charge in [-0.1, -0.05) is 0 Å². The van der Waals surface area contributed by atoms with E-state index in [9.17, 15) is 16.8 Å². The Kier molecular flexibility index (Phi) is 5.70. The maximum atomic E-state index is 12.6. The summed E-state index contributed by atoms with van der Waals surface area (Å²) in [5.41, 5.74) is 0.403. The molecule has 1 aromatic heterocycles. The van der Waals surface area contributed by atoms with Crippen LogP contribution in [0.4, 0.5) is 0 Å². The SMILES string of the molecule is CCn1cc(S(=O)(=O)N[C@@H]2COC[C@H]2CS(=O)(=O)N(C)C)c(C)n1. The van der Waals surface area contributed by atoms with Crippen LogP contribution in [0.2, 0.25) is 0 Å². The molecule has 24 heavy (non-hydrogen) atoms. The van der Waals surface area contributed by atoms with Crippen LogP contribution in [0.15, 0.2) is 11.1 Å². The fourth-order valence-corrected chi connectivity index (χ4v) is 5.14. The van der Waals surface area contributed by atoms with Crippen molar-refractivity contribution in [2.75, 3.05) is 33.1 Å². The van der Waals surface area contributed by atoms with E-state index >= 15 is 0 Å². The molecule has 1 saturated heterocycles. The summed E-state index contributed by atoms with van der Waals surface area (Å²) in [6.07, 6.45) is 1.47. The van der Waals surface area contributed by atoms with E-state index < -0.39 is 32.0 Å². The van der Waals surface area contributed by atoms with E-state index in [1.807, 2.05) is 6.92 Å². The quantitative estimate of drug-likeness (QED) is 0.676. The lowest BCUT2D eigenvalue weighted by Crippen LogP contribution is -2.43. The maximum absolute atomic E-state index is 12.6. The number of aryl methyl sites for hydroxylation is 2. The molecule has 138 valence electrons. The van der Waals surface area contributed by atoms with Crippen LogP contribution in [0.1, 0.15) is 12.6 Å². The van der Waals surface area contributed by atoms with Crippen molar-refractivity contribution in [2.24, 2.45) is 5.92 Å². The minimum Gasteiger partial charge on any atom is -0.379 e. The maximum Gasteiger partial charge on any atom is 0.244 e. The number of hydrogen-bond donors (Lipinski definition) is 1. The third kappa shape index (κ3) is 4.14. The van der Waals surface area contributed by atoms with E-state index in [0.29, 0.717) is 12.2 Å². The first-order valence-electron chi connectivity index (χ1n) is 7.61. The van der Waals surface area contributed by atoms with Gasteiger partial charge in [0, 0.05) is 32.8 Å². The van der Waals surface area contributed by atoms with Crippen LogP contribution in [0, 0.1) is 12.8 Å². The monoisotopic (exact) mass is 380 g/mol. The zero-order chi connectivity index (χ0) is 18.1. The number of nitrogens with zero attached hydrogens (tertiary/aromatic N) is 3. The van der Waals surface area contributed by atoms with Gasteiger partial charge >= 0.3 is 0 Å². The van der Waals surface area contributed by atoms with Gasteiger partial charge in [0.1, 0.15) is 4.90 Å². The second-order valence-corrected chi connectivity index (χ2v) is 9.93. The Bertz CT molecular complexity index is 785. The van der Waals surface area contributed by atoms with E-state index in [1.165, 1.54) is 20.3 Å². The summed E-state index contributed by atoms with van der Waals surface area (Å²) in [5.74, 6) is -0.603. The number of sulfonamides is 2. The molecule has 2 heterocycles. The standard InChI is InChI=1S/C13H24N4O5S2/c1-5-17-6-13(10(2)14-17)24(20,21)15-12-8-22-7-11(12)9-23(18,19)16(3)4/h6,11-12,15H,5,7-9H2,1-4H3/t11-,12+/m0/s1. The summed E-state index contributed by atoms with van der Waals surface area (Å²) < 4.78 is 59.8. The van der Waals surface area contributed by atoms with Crippen LogP contribution in [0.5, 0.6) is 0 Å². The number of hydrogen-bond acceptors (Lipinski definition) is 6. The molecule has 0 unspecified atom stereocenters. The Morgan fingerprint density at radius 3 is 2.54 bits per heavy atom. The van der Waals surface area contributed by atoms with Gasteiger partial charge in [0.25, 0.3) is 0 Å². The van der Waals surface area contributed by atoms with Crippen molar-refractivity contribution in [3.05, 3.63) is 11.9 Å². The Morgan fingerprint density at radius 1 is 1.33 bits per heavy atom. The summed E-state index contributed by atoms with van der Waals surface area (Å²) in [7, 11) is -4.33. The zero-order valence-electron chi connectivity index (χ0n) is 14.3. The Labute approximate surface area is 143 Å². The van der Waals surface area contributed by atoms with Gasteiger partial charge in [0.15, 0.2) is 0 Å². The van der Waals surface area contributed by atoms with Gasteiger partial charge in [-0.2, -0.15) is 5.10 Å². The van der Waals surface area contributed by atoms with Crippen LogP contribution in [0.25, 0.3) is 0 Å². The molecule has 1 N–H and O–H groups in total. The van der Waals surface area contributed by atoms with Gasteiger partial charge in [-0.3, -0.25) is 4.68 Å². The smallest absolute Gasteiger partial charge is 0.244 e. The molecular formula is C13H24N4O5S2. The predicted octanol–water partition coefficient (Wildman–Crippen LogP) is -0.604. The molecule has 0 aliphatic carbocycles. The highest BCUT2D eigenvalue weighted by atomic mass is 32.2. The molecular weight excluding hydrogens is 356 g/mol. The minimum atomic E-state index is -3.79. The van der Waals surface area contributed by atoms with E-state index in [4.69, 9.17) is 4.74 Å². The average Bonchev–Trinajstić information content (AvgIpc) is 3.05. The first-order valence-corrected chi connectivity index (χ1v) is 10.7. The van der Waals surface area contributed by atoms with Gasteiger partial charge in [-0.15, -0.1) is 0 Å². The molecule has 0 radical (unpaired) electrons. The minimum absolute atomic E-state index is 0.102. The van der Waals surface area contributed by atoms with Crippen molar-refractivity contribution in [1.82, 2.24) is 18.8 Å². The highest BCUT2D eigenvalue weighted by molar-refractivity contribution is 7.89. The number of rotatable bonds is 7. The van der Waals surface area contributed by atoms with Crippen LogP contribution in [-0.4, -0.2) is 70.0 Å². The van der Waals surface area contributed by atoms with Crippen LogP contribution >= 0.6 is 0 Å². The summed E-state index contributed by atoms with van der Waals surface area (Å²) in [6.45, 7) is 4.40. The Morgan fingerprint density at radius 2 is 2.00 bits per heavy atom. The Hall–Kier alpha value is -1.01. The molecule has 0 aromatic carbocycles. The first-order chi connectivity index (χ1) is 11.1. The summed E-state index contributed by atoms with van der Waals surface area (Å²) in [6, 6.07) is -0.589. The lowest BCUT2D eigenvalue weighted by atomic mass is 10.1. The van der Waals surface area contributed by atoms with Crippen molar-refractivity contribution in [3.8, 4) is 0 Å². The summed E-state index contributed by atoms with van der Waals surface area (Å²) in [4.78, 5) is 0.102. The van der Waals surface area contributed by atoms with Crippen molar-refractivity contribution >= 4 is 20.0 Å². The zero-order valence-corrected chi connectivity index (χ0v) is 15.9. The highest BCUT2D eigenvalue weighted by Gasteiger charge is 2.36. The molecule has 0 saturated carbocycles. The molecule has 1 aliphatic rings. The fraction of sp³-hybridized carbons (Fsp3) is 0.769. The average molecular weight is 380 g/mol. The lowest BCUT2D eigenvalue weighted by Gasteiger charge is -2.20. The van der Waals surface area contributed by atoms with Crippen molar-refractivity contribution < 1.29 is 21.6 Å². The topological polar surface area (TPSA) is 111 Å². The molecule has 1 aliphatic heterocycles. The summed E-state index contributed by atoms with van der Waals surface area (Å²) >= 11 is 0. The van der Waals surface area contributed by atoms with Gasteiger partial charge < -0.3 is 4.74 Å². The van der Waals surface area contributed by atoms with E-state index in [2.05, 4.69) is 9.82 Å². The lowest BCUT2D eigenvalue weighted by molar-refractivity contribution is 0.185. The molecule has 1 aromatic rings. The fourth-order valence-electron chi connectivity index (χ4n) is 2.50. The molecule has 0 amide bonds. The molecule has 0 spiro atoms. The number of ether oxygens (including phenoxy) is 1. The van der Waals surface area contributed by atoms with Gasteiger partial charge in [0.05, 0.1) is 30.7 Å². The van der Waals surface area contributed by atoms with Crippen LogP contribution in [0.3, 0.4) is 0 Å². The molecule has 9 nitrogen and oxygen atoms in total. The highest BCUT2D eigenvalue weighted by Crippen LogP contribution is 2.21. The van der Waals surface area contributed by atoms with E-state index in [-0.39, 0.29) is 23.9 Å². The predicted molar refractivity (Wildman–Crippen MR) is 88.5 cm³/mol. The third-order valence-electron chi connectivity index (χ3n) is 4.00. The second-order valence-electron chi connectivity index (χ2n) is 6.02. The molecule has 2 atom stereocenters. The van der Waals surface area contributed by atoms with Crippen LogP contribution in [-0.2, 0) is 31.3 Å². The molecule has 0 bridgehead atoms. The van der Waals surface area contributed by atoms with Crippen molar-refractivity contribution in [3.63, 3.8) is 0 Å². The van der Waals surface area contributed by atoms with E-state index in [1.54, 1.807) is 11.6 Å². The Balaban J connectivity index is 2.17. The van der Waals surface area contributed by atoms with E-state index in [0.717, 1.165) is 4.31 Å². The van der Waals surface area contributed by atoms with Gasteiger partial charge in [-0.05, 0) is 13.8 Å². The summed E-state index contributed by atoms with van der Waals surface area (Å²) in [5, 5.41) is 4.14. The molecule has 11 heteroatoms. The largest absolute Gasteiger partial charge is 0.379 e. The molecule has 2 rings (SSSR count). The van der Waals surface area contributed by atoms with Gasteiger partial charge in [-0.25, -0.2) is 25.9 Å².